The van der Waals surface area contributed by atoms with Crippen LogP contribution >= 0.6 is 23.2 Å². The summed E-state index contributed by atoms with van der Waals surface area (Å²) < 4.78 is 27.5. The van der Waals surface area contributed by atoms with Crippen LogP contribution < -0.4 is 10.2 Å². The molecule has 1 saturated heterocycles. The molecule has 276 valence electrons. The Morgan fingerprint density at radius 2 is 1.67 bits per heavy atom. The van der Waals surface area contributed by atoms with E-state index >= 15 is 4.39 Å². The number of nitrogens with zero attached hydrogens (tertiary/aromatic N) is 5. The first-order valence-corrected chi connectivity index (χ1v) is 18.3. The first kappa shape index (κ1) is 37.6. The molecule has 1 saturated carbocycles. The molecule has 1 N–H and O–H groups in total. The number of carbonyl (C=O) groups is 2. The van der Waals surface area contributed by atoms with Crippen LogP contribution in [0.3, 0.4) is 0 Å². The lowest BCUT2D eigenvalue weighted by molar-refractivity contribution is -0.144. The molecule has 1 aromatic heterocycles. The van der Waals surface area contributed by atoms with Gasteiger partial charge < -0.3 is 29.5 Å². The van der Waals surface area contributed by atoms with Crippen LogP contribution in [0.4, 0.5) is 20.7 Å². The number of amides is 1. The van der Waals surface area contributed by atoms with Gasteiger partial charge in [-0.25, -0.2) is 19.2 Å². The van der Waals surface area contributed by atoms with Crippen molar-refractivity contribution in [3.8, 4) is 11.1 Å². The molecule has 13 heteroatoms. The van der Waals surface area contributed by atoms with Crippen molar-refractivity contribution >= 4 is 57.7 Å². The van der Waals surface area contributed by atoms with E-state index in [4.69, 9.17) is 42.6 Å². The number of esters is 1. The van der Waals surface area contributed by atoms with Crippen LogP contribution in [-0.4, -0.2) is 90.8 Å². The zero-order chi connectivity index (χ0) is 37.3. The smallest absolute Gasteiger partial charge is 0.410 e. The summed E-state index contributed by atoms with van der Waals surface area (Å²) in [4.78, 5) is 42.9. The number of nitrogens with one attached hydrogen (secondary N) is 1. The Balaban J connectivity index is 1.49. The summed E-state index contributed by atoms with van der Waals surface area (Å²) in [6.07, 6.45) is 1.14. The minimum Gasteiger partial charge on any atom is -0.461 e. The maximum absolute atomic E-state index is 16.1. The molecule has 1 aliphatic heterocycles. The fraction of sp³-hybridized carbons (Fsp3) is 0.436. The number of halogens is 3. The van der Waals surface area contributed by atoms with Gasteiger partial charge in [0, 0.05) is 72.4 Å². The van der Waals surface area contributed by atoms with Crippen LogP contribution in [0.15, 0.2) is 48.5 Å². The molecule has 0 spiro atoms. The van der Waals surface area contributed by atoms with E-state index in [0.29, 0.717) is 71.6 Å². The van der Waals surface area contributed by atoms with Crippen LogP contribution in [0.1, 0.15) is 56.5 Å². The average molecular weight is 752 g/mol. The van der Waals surface area contributed by atoms with Crippen molar-refractivity contribution in [2.24, 2.45) is 0 Å². The average Bonchev–Trinajstić information content (AvgIpc) is 3.08. The molecular weight excluding hydrogens is 706 g/mol. The Bertz CT molecular complexity index is 1960. The second kappa shape index (κ2) is 15.4. The van der Waals surface area contributed by atoms with Crippen LogP contribution in [0.2, 0.25) is 10.0 Å². The molecule has 0 atom stereocenters. The number of carbonyl (C=O) groups excluding carboxylic acids is 2. The summed E-state index contributed by atoms with van der Waals surface area (Å²) >= 11 is 13.5. The molecule has 0 bridgehead atoms. The highest BCUT2D eigenvalue weighted by atomic mass is 35.5. The first-order chi connectivity index (χ1) is 24.7. The Morgan fingerprint density at radius 1 is 0.981 bits per heavy atom. The lowest BCUT2D eigenvalue weighted by Gasteiger charge is -2.40. The number of benzene rings is 3. The Labute approximate surface area is 314 Å². The molecule has 6 rings (SSSR count). The number of hydrogen-bond donors (Lipinski definition) is 1. The van der Waals surface area contributed by atoms with Gasteiger partial charge in [-0.3, -0.25) is 4.79 Å². The van der Waals surface area contributed by atoms with E-state index in [1.807, 2.05) is 51.1 Å². The number of fused-ring (bicyclic) bond motifs is 1. The van der Waals surface area contributed by atoms with Gasteiger partial charge in [-0.2, -0.15) is 0 Å². The van der Waals surface area contributed by atoms with Gasteiger partial charge in [0.05, 0.1) is 17.0 Å². The van der Waals surface area contributed by atoms with Gasteiger partial charge in [0.25, 0.3) is 0 Å². The summed E-state index contributed by atoms with van der Waals surface area (Å²) in [6, 6.07) is 14.7. The lowest BCUT2D eigenvalue weighted by Crippen LogP contribution is -2.50. The van der Waals surface area contributed by atoms with E-state index in [0.717, 1.165) is 18.4 Å². The van der Waals surface area contributed by atoms with Crippen LogP contribution in [0.25, 0.3) is 22.0 Å². The van der Waals surface area contributed by atoms with Crippen molar-refractivity contribution in [2.45, 2.75) is 64.2 Å². The Kier molecular flexibility index (Phi) is 11.1. The Hall–Kier alpha value is -4.19. The van der Waals surface area contributed by atoms with E-state index in [2.05, 4.69) is 29.2 Å². The van der Waals surface area contributed by atoms with Crippen molar-refractivity contribution in [3.63, 3.8) is 0 Å². The Morgan fingerprint density at radius 3 is 2.31 bits per heavy atom. The first-order valence-electron chi connectivity index (χ1n) is 17.5. The maximum atomic E-state index is 16.1. The van der Waals surface area contributed by atoms with E-state index < -0.39 is 17.4 Å². The van der Waals surface area contributed by atoms with Crippen LogP contribution in [0, 0.1) is 5.82 Å². The third-order valence-corrected chi connectivity index (χ3v) is 10.2. The zero-order valence-electron chi connectivity index (χ0n) is 30.4. The quantitative estimate of drug-likeness (QED) is 0.171. The number of aromatic nitrogens is 2. The van der Waals surface area contributed by atoms with Crippen molar-refractivity contribution in [1.29, 1.82) is 0 Å². The molecule has 0 radical (unpaired) electrons. The number of ether oxygens (including phenoxy) is 2. The monoisotopic (exact) mass is 750 g/mol. The van der Waals surface area contributed by atoms with Crippen LogP contribution in [-0.2, 0) is 27.3 Å². The van der Waals surface area contributed by atoms with Gasteiger partial charge in [0.15, 0.2) is 5.82 Å². The topological polar surface area (TPSA) is 100 Å². The van der Waals surface area contributed by atoms with E-state index in [1.165, 1.54) is 6.07 Å². The van der Waals surface area contributed by atoms with Crippen molar-refractivity contribution in [3.05, 3.63) is 81.3 Å². The van der Waals surface area contributed by atoms with Gasteiger partial charge in [-0.1, -0.05) is 53.5 Å². The molecule has 0 unspecified atom stereocenters. The van der Waals surface area contributed by atoms with Crippen molar-refractivity contribution in [1.82, 2.24) is 19.8 Å². The van der Waals surface area contributed by atoms with E-state index in [1.54, 1.807) is 24.1 Å². The maximum Gasteiger partial charge on any atom is 0.410 e. The number of hydrogen-bond acceptors (Lipinski definition) is 9. The fourth-order valence-electron chi connectivity index (χ4n) is 6.75. The molecule has 10 nitrogen and oxygen atoms in total. The standard InChI is InChI=1S/C39H45Cl2FN6O4/c1-39(2,3)52-38(50)48-16-14-47(15-17-48)37-27-20-29(41)32(33-30(43-4)13-12-28(40)34(33)42)26(21-31(49)51-22-23-10-8-7-9-11-23)35(27)44-36(45-37)24-18-25(19-24)46(5)6/h7-13,20,24-25,43H,14-19,21-22H2,1-6H3. The summed E-state index contributed by atoms with van der Waals surface area (Å²) in [6.45, 7) is 7.42. The number of rotatable bonds is 9. The molecule has 4 aromatic rings. The van der Waals surface area contributed by atoms with Gasteiger partial charge in [0.2, 0.25) is 0 Å². The van der Waals surface area contributed by atoms with E-state index in [9.17, 15) is 9.59 Å². The summed E-state index contributed by atoms with van der Waals surface area (Å²) in [5, 5.41) is 3.79. The predicted octanol–water partition coefficient (Wildman–Crippen LogP) is 7.94. The largest absolute Gasteiger partial charge is 0.461 e. The number of piperazine rings is 1. The minimum absolute atomic E-state index is 0.0716. The minimum atomic E-state index is -0.672. The normalized spacial score (nSPS) is 17.7. The molecule has 2 fully saturated rings. The number of anilines is 2. The highest BCUT2D eigenvalue weighted by Gasteiger charge is 2.36. The molecule has 52 heavy (non-hydrogen) atoms. The van der Waals surface area contributed by atoms with Gasteiger partial charge in [-0.15, -0.1) is 0 Å². The van der Waals surface area contributed by atoms with E-state index in [-0.39, 0.29) is 40.6 Å². The summed E-state index contributed by atoms with van der Waals surface area (Å²) in [5.74, 6) is 0.166. The predicted molar refractivity (Wildman–Crippen MR) is 204 cm³/mol. The third kappa shape index (κ3) is 8.06. The molecule has 2 heterocycles. The van der Waals surface area contributed by atoms with Gasteiger partial charge >= 0.3 is 12.1 Å². The molecule has 1 amide bonds. The summed E-state index contributed by atoms with van der Waals surface area (Å²) in [7, 11) is 5.80. The second-order valence-electron chi connectivity index (χ2n) is 14.6. The summed E-state index contributed by atoms with van der Waals surface area (Å²) in [5.41, 5.74) is 2.02. The van der Waals surface area contributed by atoms with Gasteiger partial charge in [-0.05, 0) is 77.0 Å². The highest BCUT2D eigenvalue weighted by molar-refractivity contribution is 6.35. The van der Waals surface area contributed by atoms with Gasteiger partial charge in [0.1, 0.15) is 23.9 Å². The third-order valence-electron chi connectivity index (χ3n) is 9.66. The lowest BCUT2D eigenvalue weighted by atomic mass is 9.79. The molecule has 2 aliphatic rings. The fourth-order valence-corrected chi connectivity index (χ4v) is 7.22. The van der Waals surface area contributed by atoms with Crippen LogP contribution in [0.5, 0.6) is 0 Å². The molecular formula is C39H45Cl2FN6O4. The SMILES string of the molecule is CNc1ccc(Cl)c(F)c1-c1c(Cl)cc2c(N3CCN(C(=O)OC(C)(C)C)CC3)nc(C3CC(N(C)C)C3)nc2c1CC(=O)OCc1ccccc1. The van der Waals surface area contributed by atoms with Crippen molar-refractivity contribution < 1.29 is 23.5 Å². The second-order valence-corrected chi connectivity index (χ2v) is 15.4. The zero-order valence-corrected chi connectivity index (χ0v) is 31.9. The van der Waals surface area contributed by atoms with Crippen molar-refractivity contribution in [2.75, 3.05) is 57.5 Å². The molecule has 1 aliphatic carbocycles. The highest BCUT2D eigenvalue weighted by Crippen LogP contribution is 2.46. The molecule has 3 aromatic carbocycles.